The van der Waals surface area contributed by atoms with Crippen LogP contribution in [0.1, 0.15) is 38.1 Å². The SMILES string of the molecule is CCCN1Cc2[nH]c(-c3cnn(Cc4cc(-c5ccc(Cl)cc5)on4)c3)nc2N(CCC)C1. The fourth-order valence-corrected chi connectivity index (χ4v) is 4.40. The van der Waals surface area contributed by atoms with Gasteiger partial charge in [0.1, 0.15) is 11.5 Å². The number of nitrogens with one attached hydrogen (secondary N) is 1. The predicted molar refractivity (Wildman–Crippen MR) is 129 cm³/mol. The molecule has 0 amide bonds. The van der Waals surface area contributed by atoms with Crippen molar-refractivity contribution in [1.29, 1.82) is 0 Å². The third-order valence-corrected chi connectivity index (χ3v) is 6.01. The monoisotopic (exact) mass is 465 g/mol. The molecule has 9 heteroatoms. The van der Waals surface area contributed by atoms with Crippen molar-refractivity contribution in [3.63, 3.8) is 0 Å². The molecule has 1 N–H and O–H groups in total. The molecule has 0 fully saturated rings. The van der Waals surface area contributed by atoms with Crippen molar-refractivity contribution in [3.05, 3.63) is 59.1 Å². The van der Waals surface area contributed by atoms with Gasteiger partial charge in [0.05, 0.1) is 30.7 Å². The topological polar surface area (TPSA) is 79.0 Å². The molecule has 5 rings (SSSR count). The summed E-state index contributed by atoms with van der Waals surface area (Å²) in [5.74, 6) is 2.63. The molecule has 0 aliphatic carbocycles. The number of anilines is 1. The summed E-state index contributed by atoms with van der Waals surface area (Å²) in [7, 11) is 0. The standard InChI is InChI=1S/C24H28ClN7O/c1-3-9-30-15-21-24(31(16-30)10-4-2)28-23(27-21)18-12-26-32(13-18)14-20-11-22(33-29-20)17-5-7-19(25)8-6-17/h5-8,11-13H,3-4,9-10,14-16H2,1-2H3,(H,27,28). The molecule has 33 heavy (non-hydrogen) atoms. The third kappa shape index (κ3) is 4.67. The van der Waals surface area contributed by atoms with E-state index in [4.69, 9.17) is 21.1 Å². The van der Waals surface area contributed by atoms with Crippen LogP contribution in [0.15, 0.2) is 47.2 Å². The van der Waals surface area contributed by atoms with Gasteiger partial charge in [0, 0.05) is 35.9 Å². The van der Waals surface area contributed by atoms with Gasteiger partial charge < -0.3 is 14.4 Å². The first-order valence-electron chi connectivity index (χ1n) is 11.4. The van der Waals surface area contributed by atoms with Crippen molar-refractivity contribution in [2.75, 3.05) is 24.7 Å². The van der Waals surface area contributed by atoms with E-state index in [9.17, 15) is 0 Å². The van der Waals surface area contributed by atoms with E-state index in [0.717, 1.165) is 67.6 Å². The number of hydrogen-bond donors (Lipinski definition) is 1. The predicted octanol–water partition coefficient (Wildman–Crippen LogP) is 5.03. The molecule has 0 radical (unpaired) electrons. The van der Waals surface area contributed by atoms with Gasteiger partial charge in [-0.15, -0.1) is 0 Å². The molecule has 0 saturated heterocycles. The highest BCUT2D eigenvalue weighted by molar-refractivity contribution is 6.30. The van der Waals surface area contributed by atoms with Crippen LogP contribution in [0.2, 0.25) is 5.02 Å². The van der Waals surface area contributed by atoms with Crippen LogP contribution in [0.4, 0.5) is 5.82 Å². The highest BCUT2D eigenvalue weighted by Crippen LogP contribution is 2.29. The minimum Gasteiger partial charge on any atom is -0.356 e. The van der Waals surface area contributed by atoms with Gasteiger partial charge in [-0.25, -0.2) is 4.98 Å². The lowest BCUT2D eigenvalue weighted by Gasteiger charge is -2.35. The summed E-state index contributed by atoms with van der Waals surface area (Å²) in [6.45, 7) is 8.86. The average molecular weight is 466 g/mol. The molecular formula is C24H28ClN7O. The van der Waals surface area contributed by atoms with Crippen LogP contribution in [-0.4, -0.2) is 49.6 Å². The molecule has 0 bridgehead atoms. The second kappa shape index (κ2) is 9.41. The number of halogens is 1. The Hall–Kier alpha value is -3.10. The van der Waals surface area contributed by atoms with E-state index >= 15 is 0 Å². The Labute approximate surface area is 198 Å². The lowest BCUT2D eigenvalue weighted by molar-refractivity contribution is 0.248. The Bertz CT molecular complexity index is 1210. The molecule has 0 saturated carbocycles. The van der Waals surface area contributed by atoms with Gasteiger partial charge in [0.15, 0.2) is 11.6 Å². The molecule has 4 heterocycles. The average Bonchev–Trinajstić information content (AvgIpc) is 3.55. The molecular weight excluding hydrogens is 438 g/mol. The minimum absolute atomic E-state index is 0.518. The number of aromatic amines is 1. The highest BCUT2D eigenvalue weighted by Gasteiger charge is 2.26. The summed E-state index contributed by atoms with van der Waals surface area (Å²) >= 11 is 5.97. The Morgan fingerprint density at radius 1 is 1.09 bits per heavy atom. The number of H-pyrrole nitrogens is 1. The van der Waals surface area contributed by atoms with E-state index in [2.05, 4.69) is 38.9 Å². The van der Waals surface area contributed by atoms with Crippen molar-refractivity contribution in [2.45, 2.75) is 39.8 Å². The first-order chi connectivity index (χ1) is 16.1. The van der Waals surface area contributed by atoms with Gasteiger partial charge >= 0.3 is 0 Å². The zero-order chi connectivity index (χ0) is 22.8. The molecule has 4 aromatic rings. The van der Waals surface area contributed by atoms with E-state index in [-0.39, 0.29) is 0 Å². The Morgan fingerprint density at radius 2 is 1.91 bits per heavy atom. The zero-order valence-electron chi connectivity index (χ0n) is 19.0. The lowest BCUT2D eigenvalue weighted by Crippen LogP contribution is -2.43. The molecule has 0 atom stereocenters. The van der Waals surface area contributed by atoms with Crippen molar-refractivity contribution < 1.29 is 4.52 Å². The molecule has 1 aliphatic heterocycles. The van der Waals surface area contributed by atoms with Crippen LogP contribution < -0.4 is 4.90 Å². The number of fused-ring (bicyclic) bond motifs is 1. The molecule has 1 aromatic carbocycles. The molecule has 8 nitrogen and oxygen atoms in total. The van der Waals surface area contributed by atoms with Crippen LogP contribution in [0.3, 0.4) is 0 Å². The van der Waals surface area contributed by atoms with Crippen molar-refractivity contribution in [1.82, 2.24) is 29.8 Å². The van der Waals surface area contributed by atoms with Gasteiger partial charge in [-0.3, -0.25) is 9.58 Å². The minimum atomic E-state index is 0.518. The normalized spacial score (nSPS) is 14.1. The van der Waals surface area contributed by atoms with E-state index in [0.29, 0.717) is 17.3 Å². The maximum absolute atomic E-state index is 5.97. The Balaban J connectivity index is 1.32. The molecule has 3 aromatic heterocycles. The van der Waals surface area contributed by atoms with Gasteiger partial charge in [0.2, 0.25) is 0 Å². The summed E-state index contributed by atoms with van der Waals surface area (Å²) in [6.07, 6.45) is 6.08. The Kier molecular flexibility index (Phi) is 6.20. The maximum Gasteiger partial charge on any atom is 0.167 e. The van der Waals surface area contributed by atoms with Gasteiger partial charge in [-0.2, -0.15) is 5.10 Å². The van der Waals surface area contributed by atoms with Crippen LogP contribution in [0.25, 0.3) is 22.7 Å². The smallest absolute Gasteiger partial charge is 0.167 e. The zero-order valence-corrected chi connectivity index (χ0v) is 19.7. The van der Waals surface area contributed by atoms with E-state index in [1.165, 1.54) is 5.69 Å². The number of imidazole rings is 1. The number of hydrogen-bond acceptors (Lipinski definition) is 6. The fourth-order valence-electron chi connectivity index (χ4n) is 4.28. The second-order valence-electron chi connectivity index (χ2n) is 8.46. The van der Waals surface area contributed by atoms with Gasteiger partial charge in [-0.1, -0.05) is 30.6 Å². The van der Waals surface area contributed by atoms with Crippen molar-refractivity contribution in [3.8, 4) is 22.7 Å². The first-order valence-corrected chi connectivity index (χ1v) is 11.8. The van der Waals surface area contributed by atoms with Crippen LogP contribution in [-0.2, 0) is 13.1 Å². The summed E-state index contributed by atoms with van der Waals surface area (Å²) < 4.78 is 7.37. The second-order valence-corrected chi connectivity index (χ2v) is 8.90. The van der Waals surface area contributed by atoms with Crippen LogP contribution in [0, 0.1) is 0 Å². The highest BCUT2D eigenvalue weighted by atomic mass is 35.5. The maximum atomic E-state index is 5.97. The number of benzene rings is 1. The largest absolute Gasteiger partial charge is 0.356 e. The molecule has 1 aliphatic rings. The summed E-state index contributed by atoms with van der Waals surface area (Å²) in [5.41, 5.74) is 3.88. The molecule has 0 unspecified atom stereocenters. The van der Waals surface area contributed by atoms with Crippen molar-refractivity contribution in [2.24, 2.45) is 0 Å². The van der Waals surface area contributed by atoms with E-state index in [1.807, 2.05) is 47.4 Å². The number of rotatable bonds is 8. The van der Waals surface area contributed by atoms with Gasteiger partial charge in [-0.05, 0) is 43.7 Å². The summed E-state index contributed by atoms with van der Waals surface area (Å²) in [5, 5.41) is 9.41. The fraction of sp³-hybridized carbons (Fsp3) is 0.375. The van der Waals surface area contributed by atoms with Gasteiger partial charge in [0.25, 0.3) is 0 Å². The summed E-state index contributed by atoms with van der Waals surface area (Å²) in [6, 6.07) is 9.44. The first kappa shape index (κ1) is 21.7. The number of aromatic nitrogens is 5. The third-order valence-electron chi connectivity index (χ3n) is 5.76. The van der Waals surface area contributed by atoms with Crippen molar-refractivity contribution >= 4 is 17.4 Å². The van der Waals surface area contributed by atoms with E-state index < -0.39 is 0 Å². The van der Waals surface area contributed by atoms with Crippen LogP contribution >= 0.6 is 11.6 Å². The molecule has 0 spiro atoms. The lowest BCUT2D eigenvalue weighted by atomic mass is 10.1. The number of nitrogens with zero attached hydrogens (tertiary/aromatic N) is 6. The van der Waals surface area contributed by atoms with Crippen LogP contribution in [0.5, 0.6) is 0 Å². The summed E-state index contributed by atoms with van der Waals surface area (Å²) in [4.78, 5) is 13.3. The molecule has 172 valence electrons. The Morgan fingerprint density at radius 3 is 2.70 bits per heavy atom. The van der Waals surface area contributed by atoms with E-state index in [1.54, 1.807) is 0 Å². The quantitative estimate of drug-likeness (QED) is 0.393.